The van der Waals surface area contributed by atoms with E-state index in [2.05, 4.69) is 11.0 Å². The van der Waals surface area contributed by atoms with Crippen LogP contribution in [-0.4, -0.2) is 31.1 Å². The van der Waals surface area contributed by atoms with Crippen LogP contribution in [-0.2, 0) is 6.42 Å². The fourth-order valence-corrected chi connectivity index (χ4v) is 3.12. The normalized spacial score (nSPS) is 16.5. The van der Waals surface area contributed by atoms with E-state index >= 15 is 0 Å². The van der Waals surface area contributed by atoms with Crippen LogP contribution < -0.4 is 10.6 Å². The van der Waals surface area contributed by atoms with E-state index in [1.807, 2.05) is 23.9 Å². The molecule has 0 unspecified atom stereocenters. The SMILES string of the molecule is NCCc1cc(Cl)ccc1N1CCSCC1. The van der Waals surface area contributed by atoms with E-state index in [1.54, 1.807) is 0 Å². The first-order chi connectivity index (χ1) is 7.81. The largest absolute Gasteiger partial charge is 0.370 e. The van der Waals surface area contributed by atoms with Gasteiger partial charge in [0.1, 0.15) is 0 Å². The van der Waals surface area contributed by atoms with Gasteiger partial charge in [-0.1, -0.05) is 11.6 Å². The van der Waals surface area contributed by atoms with Crippen molar-refractivity contribution in [3.8, 4) is 0 Å². The minimum Gasteiger partial charge on any atom is -0.370 e. The Balaban J connectivity index is 2.23. The van der Waals surface area contributed by atoms with Gasteiger partial charge in [0.05, 0.1) is 0 Å². The Hall–Kier alpha value is -0.380. The minimum absolute atomic E-state index is 0.677. The lowest BCUT2D eigenvalue weighted by molar-refractivity contribution is 0.842. The molecule has 0 bridgehead atoms. The molecule has 1 saturated heterocycles. The number of thioether (sulfide) groups is 1. The molecule has 4 heteroatoms. The van der Waals surface area contributed by atoms with E-state index in [4.69, 9.17) is 17.3 Å². The molecule has 1 aliphatic heterocycles. The third-order valence-corrected chi connectivity index (χ3v) is 3.98. The number of anilines is 1. The lowest BCUT2D eigenvalue weighted by Gasteiger charge is -2.30. The first-order valence-electron chi connectivity index (χ1n) is 5.62. The molecule has 0 amide bonds. The number of hydrogen-bond donors (Lipinski definition) is 1. The van der Waals surface area contributed by atoms with Gasteiger partial charge in [-0.2, -0.15) is 11.8 Å². The summed E-state index contributed by atoms with van der Waals surface area (Å²) in [5, 5.41) is 0.804. The van der Waals surface area contributed by atoms with Crippen molar-refractivity contribution in [3.63, 3.8) is 0 Å². The number of rotatable bonds is 3. The summed E-state index contributed by atoms with van der Waals surface area (Å²) in [5.74, 6) is 2.43. The number of nitrogens with two attached hydrogens (primary N) is 1. The smallest absolute Gasteiger partial charge is 0.0410 e. The topological polar surface area (TPSA) is 29.3 Å². The monoisotopic (exact) mass is 256 g/mol. The number of nitrogens with zero attached hydrogens (tertiary/aromatic N) is 1. The van der Waals surface area contributed by atoms with Crippen LogP contribution >= 0.6 is 23.4 Å². The molecule has 0 aliphatic carbocycles. The van der Waals surface area contributed by atoms with E-state index in [9.17, 15) is 0 Å². The first-order valence-corrected chi connectivity index (χ1v) is 7.15. The molecule has 2 rings (SSSR count). The van der Waals surface area contributed by atoms with Crippen molar-refractivity contribution in [2.24, 2.45) is 5.73 Å². The van der Waals surface area contributed by atoms with Crippen molar-refractivity contribution in [1.82, 2.24) is 0 Å². The molecule has 1 heterocycles. The van der Waals surface area contributed by atoms with Gasteiger partial charge in [-0.15, -0.1) is 0 Å². The summed E-state index contributed by atoms with van der Waals surface area (Å²) < 4.78 is 0. The zero-order chi connectivity index (χ0) is 11.4. The average Bonchev–Trinajstić information content (AvgIpc) is 2.31. The molecule has 0 radical (unpaired) electrons. The molecule has 88 valence electrons. The molecule has 0 atom stereocenters. The van der Waals surface area contributed by atoms with Gasteiger partial charge in [-0.05, 0) is 36.7 Å². The van der Waals surface area contributed by atoms with Gasteiger partial charge in [0.15, 0.2) is 0 Å². The number of hydrogen-bond acceptors (Lipinski definition) is 3. The van der Waals surface area contributed by atoms with Crippen molar-refractivity contribution in [1.29, 1.82) is 0 Å². The maximum absolute atomic E-state index is 6.03. The Morgan fingerprint density at radius 2 is 2.06 bits per heavy atom. The van der Waals surface area contributed by atoms with Gasteiger partial charge in [-0.3, -0.25) is 0 Å². The van der Waals surface area contributed by atoms with Crippen LogP contribution in [0.15, 0.2) is 18.2 Å². The van der Waals surface area contributed by atoms with E-state index in [0.717, 1.165) is 24.5 Å². The number of halogens is 1. The van der Waals surface area contributed by atoms with Gasteiger partial charge in [0.25, 0.3) is 0 Å². The summed E-state index contributed by atoms with van der Waals surface area (Å²) in [4.78, 5) is 2.44. The van der Waals surface area contributed by atoms with Crippen molar-refractivity contribution in [2.45, 2.75) is 6.42 Å². The predicted octanol–water partition coefficient (Wildman–Crippen LogP) is 2.39. The molecular formula is C12H17ClN2S. The second-order valence-electron chi connectivity index (χ2n) is 3.91. The maximum Gasteiger partial charge on any atom is 0.0410 e. The third kappa shape index (κ3) is 2.84. The number of benzene rings is 1. The van der Waals surface area contributed by atoms with Crippen molar-refractivity contribution in [3.05, 3.63) is 28.8 Å². The highest BCUT2D eigenvalue weighted by Crippen LogP contribution is 2.26. The Kier molecular flexibility index (Phi) is 4.38. The zero-order valence-electron chi connectivity index (χ0n) is 9.29. The minimum atomic E-state index is 0.677. The van der Waals surface area contributed by atoms with Gasteiger partial charge in [0.2, 0.25) is 0 Å². The third-order valence-electron chi connectivity index (χ3n) is 2.81. The quantitative estimate of drug-likeness (QED) is 0.901. The second-order valence-corrected chi connectivity index (χ2v) is 5.57. The summed E-state index contributed by atoms with van der Waals surface area (Å²) in [6.07, 6.45) is 0.902. The van der Waals surface area contributed by atoms with Gasteiger partial charge >= 0.3 is 0 Å². The molecule has 2 N–H and O–H groups in total. The van der Waals surface area contributed by atoms with E-state index < -0.39 is 0 Å². The Labute approximate surface area is 106 Å². The lowest BCUT2D eigenvalue weighted by atomic mass is 10.1. The van der Waals surface area contributed by atoms with Crippen LogP contribution in [0.2, 0.25) is 5.02 Å². The lowest BCUT2D eigenvalue weighted by Crippen LogP contribution is -2.33. The molecule has 0 saturated carbocycles. The summed E-state index contributed by atoms with van der Waals surface area (Å²) in [7, 11) is 0. The van der Waals surface area contributed by atoms with Crippen LogP contribution in [0.5, 0.6) is 0 Å². The van der Waals surface area contributed by atoms with Gasteiger partial charge in [0, 0.05) is 35.3 Å². The Bertz CT molecular complexity index is 351. The highest BCUT2D eigenvalue weighted by Gasteiger charge is 2.14. The van der Waals surface area contributed by atoms with Crippen LogP contribution in [0.3, 0.4) is 0 Å². The summed E-state index contributed by atoms with van der Waals surface area (Å²) >= 11 is 8.05. The zero-order valence-corrected chi connectivity index (χ0v) is 10.9. The maximum atomic E-state index is 6.03. The molecule has 1 aliphatic rings. The summed E-state index contributed by atoms with van der Waals surface area (Å²) in [5.41, 5.74) is 8.24. The molecule has 0 spiro atoms. The van der Waals surface area contributed by atoms with Crippen molar-refractivity contribution in [2.75, 3.05) is 36.0 Å². The Morgan fingerprint density at radius 3 is 2.75 bits per heavy atom. The fourth-order valence-electron chi connectivity index (χ4n) is 2.02. The van der Waals surface area contributed by atoms with Crippen LogP contribution in [0.25, 0.3) is 0 Å². The summed E-state index contributed by atoms with van der Waals surface area (Å²) in [6, 6.07) is 6.15. The van der Waals surface area contributed by atoms with Crippen LogP contribution in [0, 0.1) is 0 Å². The van der Waals surface area contributed by atoms with Crippen molar-refractivity contribution < 1.29 is 0 Å². The van der Waals surface area contributed by atoms with Gasteiger partial charge < -0.3 is 10.6 Å². The molecule has 1 aromatic rings. The van der Waals surface area contributed by atoms with Crippen LogP contribution in [0.4, 0.5) is 5.69 Å². The standard InChI is InChI=1S/C12H17ClN2S/c13-11-1-2-12(10(9-11)3-4-14)15-5-7-16-8-6-15/h1-2,9H,3-8,14H2. The first kappa shape index (κ1) is 12.1. The molecule has 1 fully saturated rings. The molecule has 1 aromatic carbocycles. The molecule has 16 heavy (non-hydrogen) atoms. The fraction of sp³-hybridized carbons (Fsp3) is 0.500. The van der Waals surface area contributed by atoms with E-state index in [1.165, 1.54) is 22.8 Å². The van der Waals surface area contributed by atoms with E-state index in [-0.39, 0.29) is 0 Å². The van der Waals surface area contributed by atoms with Gasteiger partial charge in [-0.25, -0.2) is 0 Å². The van der Waals surface area contributed by atoms with Crippen molar-refractivity contribution >= 4 is 29.1 Å². The second kappa shape index (κ2) is 5.80. The molecule has 0 aromatic heterocycles. The van der Waals surface area contributed by atoms with Crippen LogP contribution in [0.1, 0.15) is 5.56 Å². The Morgan fingerprint density at radius 1 is 1.31 bits per heavy atom. The predicted molar refractivity (Wildman–Crippen MR) is 73.7 cm³/mol. The highest BCUT2D eigenvalue weighted by atomic mass is 35.5. The molecular weight excluding hydrogens is 240 g/mol. The highest BCUT2D eigenvalue weighted by molar-refractivity contribution is 7.99. The average molecular weight is 257 g/mol. The molecule has 2 nitrogen and oxygen atoms in total. The van der Waals surface area contributed by atoms with E-state index in [0.29, 0.717) is 6.54 Å². The summed E-state index contributed by atoms with van der Waals surface area (Å²) in [6.45, 7) is 2.93.